The summed E-state index contributed by atoms with van der Waals surface area (Å²) < 4.78 is 4.78. The maximum atomic E-state index is 8.25. The average molecular weight is 126 g/mol. The summed E-state index contributed by atoms with van der Waals surface area (Å²) in [5, 5.41) is 8.25. The molecule has 0 spiro atoms. The Hall–Kier alpha value is -0.940. The number of ether oxygens (including phenoxy) is 1. The zero-order valence-electron chi connectivity index (χ0n) is 5.42. The van der Waals surface area contributed by atoms with Crippen LogP contribution in [0.25, 0.3) is 0 Å². The maximum Gasteiger partial charge on any atom is 0.110 e. The second-order valence-corrected chi connectivity index (χ2v) is 1.54. The van der Waals surface area contributed by atoms with E-state index in [0.717, 1.165) is 5.57 Å². The number of hydrogen-bond acceptors (Lipinski definition) is 2. The summed E-state index contributed by atoms with van der Waals surface area (Å²) in [6, 6.07) is 0. The van der Waals surface area contributed by atoms with Crippen molar-refractivity contribution in [1.82, 2.24) is 0 Å². The van der Waals surface area contributed by atoms with Crippen LogP contribution in [0.3, 0.4) is 0 Å². The predicted octanol–water partition coefficient (Wildman–Crippen LogP) is 0.532. The third kappa shape index (κ3) is 4.92. The largest absolute Gasteiger partial charge is 0.498 e. The Morgan fingerprint density at radius 1 is 1.89 bits per heavy atom. The summed E-state index contributed by atoms with van der Waals surface area (Å²) in [7, 11) is 0. The fourth-order valence-electron chi connectivity index (χ4n) is 0.271. The fourth-order valence-corrected chi connectivity index (χ4v) is 0.271. The van der Waals surface area contributed by atoms with Crippen molar-refractivity contribution in [2.45, 2.75) is 6.92 Å². The lowest BCUT2D eigenvalue weighted by atomic mass is 10.4. The molecular formula is C7H10O2. The molecule has 0 fully saturated rings. The lowest BCUT2D eigenvalue weighted by Crippen LogP contribution is -1.92. The number of terminal acetylenes is 1. The van der Waals surface area contributed by atoms with Crippen molar-refractivity contribution in [1.29, 1.82) is 0 Å². The van der Waals surface area contributed by atoms with Crippen molar-refractivity contribution >= 4 is 0 Å². The molecule has 0 aromatic heterocycles. The number of aliphatic hydroxyl groups excluding tert-OH is 1. The van der Waals surface area contributed by atoms with Gasteiger partial charge in [-0.25, -0.2) is 0 Å². The summed E-state index contributed by atoms with van der Waals surface area (Å²) in [6.07, 6.45) is 6.45. The van der Waals surface area contributed by atoms with Crippen LogP contribution in [0.2, 0.25) is 0 Å². The van der Waals surface area contributed by atoms with Crippen LogP contribution in [0.1, 0.15) is 6.92 Å². The highest BCUT2D eigenvalue weighted by atomic mass is 16.5. The summed E-state index contributed by atoms with van der Waals surface area (Å²) in [5.41, 5.74) is 0.725. The third-order valence-electron chi connectivity index (χ3n) is 0.697. The van der Waals surface area contributed by atoms with Crippen LogP contribution in [0.15, 0.2) is 11.8 Å². The number of hydrogen-bond donors (Lipinski definition) is 1. The van der Waals surface area contributed by atoms with Crippen molar-refractivity contribution < 1.29 is 9.84 Å². The van der Waals surface area contributed by atoms with E-state index in [9.17, 15) is 0 Å². The van der Waals surface area contributed by atoms with E-state index in [4.69, 9.17) is 16.3 Å². The molecule has 0 saturated carbocycles. The molecule has 0 amide bonds. The standard InChI is InChI=1S/C7H10O2/c1-3-7(2)6-9-5-4-8/h1,6,8H,4-5H2,2H3. The fraction of sp³-hybridized carbons (Fsp3) is 0.429. The van der Waals surface area contributed by atoms with E-state index in [1.807, 2.05) is 0 Å². The first-order chi connectivity index (χ1) is 4.31. The van der Waals surface area contributed by atoms with Gasteiger partial charge in [-0.05, 0) is 6.92 Å². The van der Waals surface area contributed by atoms with Gasteiger partial charge in [0.2, 0.25) is 0 Å². The van der Waals surface area contributed by atoms with Crippen LogP contribution in [0.5, 0.6) is 0 Å². The van der Waals surface area contributed by atoms with Gasteiger partial charge in [-0.1, -0.05) is 5.92 Å². The first-order valence-corrected chi connectivity index (χ1v) is 2.67. The van der Waals surface area contributed by atoms with Crippen LogP contribution in [-0.4, -0.2) is 18.3 Å². The smallest absolute Gasteiger partial charge is 0.110 e. The minimum absolute atomic E-state index is 0.0222. The van der Waals surface area contributed by atoms with Gasteiger partial charge in [-0.2, -0.15) is 0 Å². The molecule has 0 saturated heterocycles. The van der Waals surface area contributed by atoms with Crippen molar-refractivity contribution in [3.8, 4) is 12.3 Å². The van der Waals surface area contributed by atoms with E-state index in [-0.39, 0.29) is 6.61 Å². The van der Waals surface area contributed by atoms with Gasteiger partial charge in [0.25, 0.3) is 0 Å². The van der Waals surface area contributed by atoms with Gasteiger partial charge in [0, 0.05) is 5.57 Å². The molecule has 2 nitrogen and oxygen atoms in total. The van der Waals surface area contributed by atoms with Crippen molar-refractivity contribution in [2.75, 3.05) is 13.2 Å². The number of allylic oxidation sites excluding steroid dienone is 1. The lowest BCUT2D eigenvalue weighted by Gasteiger charge is -1.94. The van der Waals surface area contributed by atoms with Gasteiger partial charge < -0.3 is 9.84 Å². The number of rotatable bonds is 3. The molecule has 0 bridgehead atoms. The molecule has 0 rings (SSSR count). The van der Waals surface area contributed by atoms with E-state index in [1.54, 1.807) is 6.92 Å². The van der Waals surface area contributed by atoms with Gasteiger partial charge in [-0.3, -0.25) is 0 Å². The zero-order chi connectivity index (χ0) is 7.11. The summed E-state index contributed by atoms with van der Waals surface area (Å²) in [5.74, 6) is 2.38. The van der Waals surface area contributed by atoms with Gasteiger partial charge in [0.15, 0.2) is 0 Å². The molecule has 0 aliphatic heterocycles. The van der Waals surface area contributed by atoms with E-state index in [2.05, 4.69) is 5.92 Å². The Morgan fingerprint density at radius 3 is 3.00 bits per heavy atom. The molecule has 1 N–H and O–H groups in total. The van der Waals surface area contributed by atoms with Gasteiger partial charge in [-0.15, -0.1) is 6.42 Å². The Labute approximate surface area is 55.1 Å². The Balaban J connectivity index is 3.35. The molecule has 2 heteroatoms. The highest BCUT2D eigenvalue weighted by molar-refractivity contribution is 5.20. The maximum absolute atomic E-state index is 8.25. The molecule has 0 aliphatic rings. The van der Waals surface area contributed by atoms with Crippen LogP contribution in [0, 0.1) is 12.3 Å². The minimum atomic E-state index is 0.0222. The van der Waals surface area contributed by atoms with E-state index < -0.39 is 0 Å². The topological polar surface area (TPSA) is 29.5 Å². The molecule has 9 heavy (non-hydrogen) atoms. The Kier molecular flexibility index (Phi) is 4.66. The second kappa shape index (κ2) is 5.20. The summed E-state index contributed by atoms with van der Waals surface area (Å²) >= 11 is 0. The minimum Gasteiger partial charge on any atom is -0.498 e. The molecule has 0 unspecified atom stereocenters. The zero-order valence-corrected chi connectivity index (χ0v) is 5.42. The van der Waals surface area contributed by atoms with Crippen molar-refractivity contribution in [3.63, 3.8) is 0 Å². The summed E-state index contributed by atoms with van der Waals surface area (Å²) in [6.45, 7) is 2.09. The van der Waals surface area contributed by atoms with Crippen LogP contribution >= 0.6 is 0 Å². The normalized spacial score (nSPS) is 10.6. The van der Waals surface area contributed by atoms with Gasteiger partial charge >= 0.3 is 0 Å². The Bertz CT molecular complexity index is 130. The molecule has 0 aliphatic carbocycles. The highest BCUT2D eigenvalue weighted by Gasteiger charge is 1.79. The van der Waals surface area contributed by atoms with E-state index in [1.165, 1.54) is 6.26 Å². The third-order valence-corrected chi connectivity index (χ3v) is 0.697. The predicted molar refractivity (Wildman–Crippen MR) is 35.6 cm³/mol. The van der Waals surface area contributed by atoms with Crippen molar-refractivity contribution in [2.24, 2.45) is 0 Å². The monoisotopic (exact) mass is 126 g/mol. The van der Waals surface area contributed by atoms with Crippen LogP contribution in [-0.2, 0) is 4.74 Å². The molecule has 0 radical (unpaired) electrons. The van der Waals surface area contributed by atoms with Crippen LogP contribution in [0.4, 0.5) is 0 Å². The van der Waals surface area contributed by atoms with E-state index >= 15 is 0 Å². The molecular weight excluding hydrogens is 116 g/mol. The van der Waals surface area contributed by atoms with Crippen molar-refractivity contribution in [3.05, 3.63) is 11.8 Å². The average Bonchev–Trinajstić information content (AvgIpc) is 1.89. The first-order valence-electron chi connectivity index (χ1n) is 2.67. The second-order valence-electron chi connectivity index (χ2n) is 1.54. The Morgan fingerprint density at radius 2 is 2.56 bits per heavy atom. The van der Waals surface area contributed by atoms with Crippen LogP contribution < -0.4 is 0 Å². The first kappa shape index (κ1) is 8.06. The summed E-state index contributed by atoms with van der Waals surface area (Å²) in [4.78, 5) is 0. The molecule has 50 valence electrons. The molecule has 0 atom stereocenters. The molecule has 0 aromatic carbocycles. The van der Waals surface area contributed by atoms with Gasteiger partial charge in [0.1, 0.15) is 6.61 Å². The van der Waals surface area contributed by atoms with Gasteiger partial charge in [0.05, 0.1) is 12.9 Å². The number of aliphatic hydroxyl groups is 1. The highest BCUT2D eigenvalue weighted by Crippen LogP contribution is 1.87. The lowest BCUT2D eigenvalue weighted by molar-refractivity contribution is 0.165. The molecule has 0 aromatic rings. The quantitative estimate of drug-likeness (QED) is 0.339. The van der Waals surface area contributed by atoms with E-state index in [0.29, 0.717) is 6.61 Å². The molecule has 0 heterocycles. The SMILES string of the molecule is C#CC(C)=COCCO.